The summed E-state index contributed by atoms with van der Waals surface area (Å²) in [6, 6.07) is 3.84. The lowest BCUT2D eigenvalue weighted by Crippen LogP contribution is -2.40. The zero-order chi connectivity index (χ0) is 15.5. The molecule has 0 radical (unpaired) electrons. The van der Waals surface area contributed by atoms with Crippen LogP contribution >= 0.6 is 0 Å². The average molecular weight is 315 g/mol. The highest BCUT2D eigenvalue weighted by molar-refractivity contribution is 7.89. The Labute approximate surface area is 125 Å². The van der Waals surface area contributed by atoms with E-state index in [1.54, 1.807) is 0 Å². The minimum absolute atomic E-state index is 0.0284. The number of halogens is 1. The van der Waals surface area contributed by atoms with Crippen LogP contribution in [-0.4, -0.2) is 39.0 Å². The van der Waals surface area contributed by atoms with Gasteiger partial charge >= 0.3 is 0 Å². The van der Waals surface area contributed by atoms with Gasteiger partial charge in [-0.1, -0.05) is 0 Å². The van der Waals surface area contributed by atoms with Crippen molar-refractivity contribution in [1.82, 2.24) is 9.62 Å². The second kappa shape index (κ2) is 6.83. The maximum atomic E-state index is 13.4. The van der Waals surface area contributed by atoms with Crippen LogP contribution in [0.2, 0.25) is 0 Å². The summed E-state index contributed by atoms with van der Waals surface area (Å²) in [6.07, 6.45) is 2.32. The number of nitrogens with one attached hydrogen (secondary N) is 1. The normalized spacial score (nSPS) is 18.0. The molecular weight excluding hydrogens is 293 g/mol. The van der Waals surface area contributed by atoms with Crippen LogP contribution in [0.3, 0.4) is 0 Å². The van der Waals surface area contributed by atoms with Crippen molar-refractivity contribution in [1.29, 1.82) is 0 Å². The summed E-state index contributed by atoms with van der Waals surface area (Å²) in [7, 11) is -3.63. The fraction of sp³-hybridized carbons (Fsp3) is 0.571. The number of likely N-dealkylation sites (tertiary alicyclic amines) is 1. The van der Waals surface area contributed by atoms with Crippen molar-refractivity contribution >= 4 is 10.0 Å². The highest BCUT2D eigenvalue weighted by Crippen LogP contribution is 2.15. The largest absolute Gasteiger partial charge is 0.326 e. The Morgan fingerprint density at radius 1 is 1.38 bits per heavy atom. The Hall–Kier alpha value is -1.02. The van der Waals surface area contributed by atoms with Crippen LogP contribution in [0.25, 0.3) is 0 Å². The Bertz CT molecular complexity index is 586. The van der Waals surface area contributed by atoms with E-state index in [0.717, 1.165) is 32.0 Å². The number of benzene rings is 1. The molecule has 0 amide bonds. The van der Waals surface area contributed by atoms with E-state index in [1.165, 1.54) is 12.1 Å². The molecule has 1 aromatic rings. The van der Waals surface area contributed by atoms with Gasteiger partial charge < -0.3 is 5.73 Å². The molecule has 1 aromatic carbocycles. The molecule has 3 N–H and O–H groups in total. The number of nitrogens with two attached hydrogens (primary N) is 1. The summed E-state index contributed by atoms with van der Waals surface area (Å²) in [6.45, 7) is 4.34. The first kappa shape index (κ1) is 16.4. The van der Waals surface area contributed by atoms with Gasteiger partial charge in [-0.3, -0.25) is 4.90 Å². The molecule has 0 spiro atoms. The molecule has 21 heavy (non-hydrogen) atoms. The summed E-state index contributed by atoms with van der Waals surface area (Å²) in [5, 5.41) is 0. The SMILES string of the molecule is CC(CNS(=O)(=O)c1ccc(F)c(CN)c1)N1CCCC1. The van der Waals surface area contributed by atoms with E-state index >= 15 is 0 Å². The minimum atomic E-state index is -3.63. The minimum Gasteiger partial charge on any atom is -0.326 e. The third-order valence-corrected chi connectivity index (χ3v) is 5.30. The van der Waals surface area contributed by atoms with Crippen molar-refractivity contribution in [2.45, 2.75) is 37.2 Å². The van der Waals surface area contributed by atoms with Crippen molar-refractivity contribution < 1.29 is 12.8 Å². The van der Waals surface area contributed by atoms with Gasteiger partial charge in [0.15, 0.2) is 0 Å². The average Bonchev–Trinajstić information content (AvgIpc) is 2.99. The van der Waals surface area contributed by atoms with Gasteiger partial charge in [-0.05, 0) is 51.1 Å². The van der Waals surface area contributed by atoms with Crippen molar-refractivity contribution in [3.63, 3.8) is 0 Å². The van der Waals surface area contributed by atoms with E-state index in [9.17, 15) is 12.8 Å². The standard InChI is InChI=1S/C14H22FN3O2S/c1-11(18-6-2-3-7-18)10-17-21(19,20)13-4-5-14(15)12(8-13)9-16/h4-5,8,11,17H,2-3,6-7,9-10,16H2,1H3. The Morgan fingerprint density at radius 2 is 2.05 bits per heavy atom. The fourth-order valence-corrected chi connectivity index (χ4v) is 3.67. The van der Waals surface area contributed by atoms with Gasteiger partial charge in [0.1, 0.15) is 5.82 Å². The summed E-state index contributed by atoms with van der Waals surface area (Å²) in [4.78, 5) is 2.32. The zero-order valence-corrected chi connectivity index (χ0v) is 13.0. The number of rotatable bonds is 6. The molecule has 0 aromatic heterocycles. The maximum Gasteiger partial charge on any atom is 0.240 e. The molecule has 118 valence electrons. The monoisotopic (exact) mass is 315 g/mol. The Balaban J connectivity index is 2.04. The van der Waals surface area contributed by atoms with Crippen LogP contribution in [0.5, 0.6) is 0 Å². The lowest BCUT2D eigenvalue weighted by molar-refractivity contribution is 0.260. The molecule has 1 atom stereocenters. The third kappa shape index (κ3) is 4.00. The predicted octanol–water partition coefficient (Wildman–Crippen LogP) is 1.05. The van der Waals surface area contributed by atoms with Crippen LogP contribution in [0, 0.1) is 5.82 Å². The summed E-state index contributed by atoms with van der Waals surface area (Å²) >= 11 is 0. The molecule has 1 heterocycles. The molecule has 0 aliphatic carbocycles. The third-order valence-electron chi connectivity index (χ3n) is 3.88. The van der Waals surface area contributed by atoms with Gasteiger partial charge in [0, 0.05) is 24.7 Å². The zero-order valence-electron chi connectivity index (χ0n) is 12.2. The van der Waals surface area contributed by atoms with Gasteiger partial charge in [-0.25, -0.2) is 17.5 Å². The highest BCUT2D eigenvalue weighted by atomic mass is 32.2. The molecule has 1 fully saturated rings. The number of nitrogens with zero attached hydrogens (tertiary/aromatic N) is 1. The molecule has 1 unspecified atom stereocenters. The first-order valence-corrected chi connectivity index (χ1v) is 8.64. The van der Waals surface area contributed by atoms with Crippen molar-refractivity contribution in [2.75, 3.05) is 19.6 Å². The van der Waals surface area contributed by atoms with Crippen LogP contribution in [0.1, 0.15) is 25.3 Å². The number of sulfonamides is 1. The molecule has 1 saturated heterocycles. The summed E-state index contributed by atoms with van der Waals surface area (Å²) in [5.74, 6) is -0.484. The molecule has 5 nitrogen and oxygen atoms in total. The lowest BCUT2D eigenvalue weighted by Gasteiger charge is -2.23. The molecule has 0 bridgehead atoms. The molecule has 7 heteroatoms. The van der Waals surface area contributed by atoms with Gasteiger partial charge in [-0.2, -0.15) is 0 Å². The molecular formula is C14H22FN3O2S. The first-order chi connectivity index (χ1) is 9.94. The van der Waals surface area contributed by atoms with E-state index in [-0.39, 0.29) is 23.0 Å². The molecule has 0 saturated carbocycles. The van der Waals surface area contributed by atoms with Crippen molar-refractivity contribution in [3.05, 3.63) is 29.6 Å². The lowest BCUT2D eigenvalue weighted by atomic mass is 10.2. The van der Waals surface area contributed by atoms with E-state index in [1.807, 2.05) is 6.92 Å². The highest BCUT2D eigenvalue weighted by Gasteiger charge is 2.21. The smallest absolute Gasteiger partial charge is 0.240 e. The van der Waals surface area contributed by atoms with Crippen LogP contribution < -0.4 is 10.5 Å². The second-order valence-corrected chi connectivity index (χ2v) is 7.17. The predicted molar refractivity (Wildman–Crippen MR) is 79.7 cm³/mol. The Kier molecular flexibility index (Phi) is 5.32. The second-order valence-electron chi connectivity index (χ2n) is 5.40. The summed E-state index contributed by atoms with van der Waals surface area (Å²) in [5.41, 5.74) is 5.61. The van der Waals surface area contributed by atoms with Crippen LogP contribution in [0.4, 0.5) is 4.39 Å². The van der Waals surface area contributed by atoms with Crippen molar-refractivity contribution in [3.8, 4) is 0 Å². The van der Waals surface area contributed by atoms with E-state index in [0.29, 0.717) is 6.54 Å². The molecule has 2 rings (SSSR count). The van der Waals surface area contributed by atoms with E-state index in [2.05, 4.69) is 9.62 Å². The van der Waals surface area contributed by atoms with Gasteiger partial charge in [0.25, 0.3) is 0 Å². The van der Waals surface area contributed by atoms with Crippen molar-refractivity contribution in [2.24, 2.45) is 5.73 Å². The first-order valence-electron chi connectivity index (χ1n) is 7.16. The number of hydrogen-bond donors (Lipinski definition) is 2. The maximum absolute atomic E-state index is 13.4. The van der Waals surface area contributed by atoms with Gasteiger partial charge in [-0.15, -0.1) is 0 Å². The van der Waals surface area contributed by atoms with Crippen LogP contribution in [0.15, 0.2) is 23.1 Å². The topological polar surface area (TPSA) is 75.4 Å². The van der Waals surface area contributed by atoms with Crippen LogP contribution in [-0.2, 0) is 16.6 Å². The quantitative estimate of drug-likeness (QED) is 0.823. The molecule has 1 aliphatic rings. The van der Waals surface area contributed by atoms with E-state index in [4.69, 9.17) is 5.73 Å². The Morgan fingerprint density at radius 3 is 2.67 bits per heavy atom. The van der Waals surface area contributed by atoms with Gasteiger partial charge in [0.05, 0.1) is 4.90 Å². The number of hydrogen-bond acceptors (Lipinski definition) is 4. The van der Waals surface area contributed by atoms with Gasteiger partial charge in [0.2, 0.25) is 10.0 Å². The molecule has 1 aliphatic heterocycles. The fourth-order valence-electron chi connectivity index (χ4n) is 2.50. The van der Waals surface area contributed by atoms with E-state index < -0.39 is 15.8 Å². The summed E-state index contributed by atoms with van der Waals surface area (Å²) < 4.78 is 40.4.